The van der Waals surface area contributed by atoms with Crippen molar-refractivity contribution in [3.05, 3.63) is 47.2 Å². The Balaban J connectivity index is 1.25. The Kier molecular flexibility index (Phi) is 6.07. The molecule has 10 heteroatoms. The number of carbonyl (C=O) groups is 1. The smallest absolute Gasteiger partial charge is 0.252 e. The number of ketones is 1. The van der Waals surface area contributed by atoms with Gasteiger partial charge < -0.3 is 9.42 Å². The van der Waals surface area contributed by atoms with Gasteiger partial charge in [0, 0.05) is 54.3 Å². The van der Waals surface area contributed by atoms with Gasteiger partial charge in [0.1, 0.15) is 4.21 Å². The number of hydrogen-bond donors (Lipinski definition) is 0. The summed E-state index contributed by atoms with van der Waals surface area (Å²) < 4.78 is 33.7. The van der Waals surface area contributed by atoms with Crippen molar-refractivity contribution in [2.24, 2.45) is 0 Å². The Hall–Kier alpha value is -2.56. The lowest BCUT2D eigenvalue weighted by Crippen LogP contribution is -2.48. The van der Waals surface area contributed by atoms with Gasteiger partial charge in [-0.25, -0.2) is 8.42 Å². The SMILES string of the molecule is CC(=O)c1ccc(N2CCN(S(=O)(=O)c3cc(-c4noc(C5CCCC5)n4)cs3)CC2)cc1. The van der Waals surface area contributed by atoms with E-state index in [-0.39, 0.29) is 5.78 Å². The standard InChI is InChI=1S/C23H26N4O4S2/c1-16(28)17-6-8-20(9-7-17)26-10-12-27(13-11-26)33(29,30)21-14-19(15-32-21)22-24-23(31-25-22)18-4-2-3-5-18/h6-9,14-15,18H,2-5,10-13H2,1H3. The number of carbonyl (C=O) groups excluding carboxylic acids is 1. The van der Waals surface area contributed by atoms with Gasteiger partial charge in [-0.3, -0.25) is 4.79 Å². The van der Waals surface area contributed by atoms with Crippen LogP contribution >= 0.6 is 11.3 Å². The van der Waals surface area contributed by atoms with E-state index in [9.17, 15) is 13.2 Å². The van der Waals surface area contributed by atoms with Crippen LogP contribution in [-0.2, 0) is 10.0 Å². The van der Waals surface area contributed by atoms with Gasteiger partial charge in [-0.05, 0) is 50.1 Å². The van der Waals surface area contributed by atoms with Crippen LogP contribution in [0.1, 0.15) is 54.8 Å². The number of anilines is 1. The fraction of sp³-hybridized carbons (Fsp3) is 0.435. The summed E-state index contributed by atoms with van der Waals surface area (Å²) in [6, 6.07) is 9.10. The molecule has 2 aromatic heterocycles. The van der Waals surface area contributed by atoms with Crippen molar-refractivity contribution in [1.82, 2.24) is 14.4 Å². The van der Waals surface area contributed by atoms with Crippen LogP contribution in [0.15, 0.2) is 44.4 Å². The van der Waals surface area contributed by atoms with Crippen LogP contribution in [0.25, 0.3) is 11.4 Å². The molecule has 5 rings (SSSR count). The first kappa shape index (κ1) is 22.2. The Morgan fingerprint density at radius 2 is 1.79 bits per heavy atom. The van der Waals surface area contributed by atoms with Gasteiger partial charge in [0.05, 0.1) is 0 Å². The van der Waals surface area contributed by atoms with Crippen molar-refractivity contribution in [1.29, 1.82) is 0 Å². The van der Waals surface area contributed by atoms with Crippen molar-refractivity contribution >= 4 is 32.8 Å². The number of aromatic nitrogens is 2. The van der Waals surface area contributed by atoms with Crippen LogP contribution in [0.4, 0.5) is 5.69 Å². The summed E-state index contributed by atoms with van der Waals surface area (Å²) in [7, 11) is -3.59. The average Bonchev–Trinajstić information content (AvgIpc) is 3.60. The third-order valence-electron chi connectivity index (χ3n) is 6.45. The monoisotopic (exact) mass is 486 g/mol. The number of rotatable bonds is 6. The first-order valence-corrected chi connectivity index (χ1v) is 13.5. The molecule has 0 atom stereocenters. The molecule has 8 nitrogen and oxygen atoms in total. The first-order valence-electron chi connectivity index (χ1n) is 11.2. The minimum atomic E-state index is -3.59. The third kappa shape index (κ3) is 4.47. The van der Waals surface area contributed by atoms with Crippen molar-refractivity contribution < 1.29 is 17.7 Å². The maximum absolute atomic E-state index is 13.2. The minimum absolute atomic E-state index is 0.0309. The van der Waals surface area contributed by atoms with Crippen molar-refractivity contribution in [2.75, 3.05) is 31.1 Å². The lowest BCUT2D eigenvalue weighted by atomic mass is 10.1. The number of sulfonamides is 1. The summed E-state index contributed by atoms with van der Waals surface area (Å²) in [5.41, 5.74) is 2.34. The molecular formula is C23H26N4O4S2. The second-order valence-corrected chi connectivity index (χ2v) is 11.7. The fourth-order valence-electron chi connectivity index (χ4n) is 4.48. The van der Waals surface area contributed by atoms with E-state index in [1.54, 1.807) is 18.4 Å². The lowest BCUT2D eigenvalue weighted by molar-refractivity contribution is 0.101. The molecule has 0 radical (unpaired) electrons. The number of hydrogen-bond acceptors (Lipinski definition) is 8. The zero-order valence-electron chi connectivity index (χ0n) is 18.4. The molecule has 1 aliphatic heterocycles. The second kappa shape index (κ2) is 9.00. The maximum Gasteiger partial charge on any atom is 0.252 e. The molecule has 3 heterocycles. The molecule has 0 spiro atoms. The van der Waals surface area contributed by atoms with Gasteiger partial charge >= 0.3 is 0 Å². The number of thiophene rings is 1. The summed E-state index contributed by atoms with van der Waals surface area (Å²) in [5, 5.41) is 5.86. The summed E-state index contributed by atoms with van der Waals surface area (Å²) in [6.07, 6.45) is 4.50. The molecule has 0 N–H and O–H groups in total. The molecule has 0 unspecified atom stereocenters. The van der Waals surface area contributed by atoms with Crippen LogP contribution in [0, 0.1) is 0 Å². The number of nitrogens with zero attached hydrogens (tertiary/aromatic N) is 4. The van der Waals surface area contributed by atoms with Crippen molar-refractivity contribution in [2.45, 2.75) is 42.7 Å². The summed E-state index contributed by atoms with van der Waals surface area (Å²) in [5.74, 6) is 1.46. The Morgan fingerprint density at radius 1 is 1.09 bits per heavy atom. The van der Waals surface area contributed by atoms with Crippen LogP contribution in [0.2, 0.25) is 0 Å². The molecule has 1 saturated carbocycles. The molecule has 1 saturated heterocycles. The number of benzene rings is 1. The first-order chi connectivity index (χ1) is 15.9. The molecule has 3 aromatic rings. The van der Waals surface area contributed by atoms with Crippen LogP contribution in [-0.4, -0.2) is 54.8 Å². The van der Waals surface area contributed by atoms with Gasteiger partial charge in [-0.15, -0.1) is 11.3 Å². The van der Waals surface area contributed by atoms with Crippen LogP contribution in [0.5, 0.6) is 0 Å². The fourth-order valence-corrected chi connectivity index (χ4v) is 7.21. The molecule has 174 valence electrons. The van der Waals surface area contributed by atoms with E-state index in [2.05, 4.69) is 15.0 Å². The minimum Gasteiger partial charge on any atom is -0.369 e. The third-order valence-corrected chi connectivity index (χ3v) is 9.77. The zero-order valence-corrected chi connectivity index (χ0v) is 20.1. The molecule has 0 bridgehead atoms. The van der Waals surface area contributed by atoms with Crippen molar-refractivity contribution in [3.8, 4) is 11.4 Å². The van der Waals surface area contributed by atoms with E-state index in [4.69, 9.17) is 4.52 Å². The van der Waals surface area contributed by atoms with E-state index >= 15 is 0 Å². The highest BCUT2D eigenvalue weighted by atomic mass is 32.2. The topological polar surface area (TPSA) is 96.6 Å². The molecular weight excluding hydrogens is 460 g/mol. The summed E-state index contributed by atoms with van der Waals surface area (Å²) in [4.78, 5) is 18.1. The Labute approximate surface area is 197 Å². The maximum atomic E-state index is 13.2. The molecule has 2 aliphatic rings. The predicted octanol–water partition coefficient (Wildman–Crippen LogP) is 4.17. The largest absolute Gasteiger partial charge is 0.369 e. The molecule has 1 aliphatic carbocycles. The van der Waals surface area contributed by atoms with E-state index in [0.717, 1.165) is 18.5 Å². The quantitative estimate of drug-likeness (QED) is 0.483. The molecule has 33 heavy (non-hydrogen) atoms. The molecule has 2 fully saturated rings. The van der Waals surface area contributed by atoms with E-state index in [1.807, 2.05) is 24.3 Å². The predicted molar refractivity (Wildman–Crippen MR) is 126 cm³/mol. The molecule has 0 amide bonds. The summed E-state index contributed by atoms with van der Waals surface area (Å²) >= 11 is 1.19. The van der Waals surface area contributed by atoms with Gasteiger partial charge in [-0.2, -0.15) is 9.29 Å². The lowest BCUT2D eigenvalue weighted by Gasteiger charge is -2.35. The van der Waals surface area contributed by atoms with Gasteiger partial charge in [-0.1, -0.05) is 18.0 Å². The second-order valence-electron chi connectivity index (χ2n) is 8.59. The Morgan fingerprint density at radius 3 is 2.45 bits per heavy atom. The average molecular weight is 487 g/mol. The van der Waals surface area contributed by atoms with E-state index in [0.29, 0.717) is 59.1 Å². The van der Waals surface area contributed by atoms with Gasteiger partial charge in [0.2, 0.25) is 11.7 Å². The highest BCUT2D eigenvalue weighted by Gasteiger charge is 2.31. The van der Waals surface area contributed by atoms with E-state index < -0.39 is 10.0 Å². The summed E-state index contributed by atoms with van der Waals surface area (Å²) in [6.45, 7) is 3.52. The highest BCUT2D eigenvalue weighted by Crippen LogP contribution is 2.35. The van der Waals surface area contributed by atoms with Crippen LogP contribution in [0.3, 0.4) is 0 Å². The number of piperazine rings is 1. The number of Topliss-reactive ketones (excluding diaryl/α,β-unsaturated/α-hetero) is 1. The Bertz CT molecular complexity index is 1240. The van der Waals surface area contributed by atoms with Crippen LogP contribution < -0.4 is 4.90 Å². The van der Waals surface area contributed by atoms with Gasteiger partial charge in [0.25, 0.3) is 10.0 Å². The van der Waals surface area contributed by atoms with Crippen molar-refractivity contribution in [3.63, 3.8) is 0 Å². The normalized spacial score (nSPS) is 18.2. The molecule has 1 aromatic carbocycles. The van der Waals surface area contributed by atoms with Gasteiger partial charge in [0.15, 0.2) is 5.78 Å². The van der Waals surface area contributed by atoms with E-state index in [1.165, 1.54) is 28.5 Å². The zero-order chi connectivity index (χ0) is 23.0. The highest BCUT2D eigenvalue weighted by molar-refractivity contribution is 7.91.